The summed E-state index contributed by atoms with van der Waals surface area (Å²) in [5.41, 5.74) is 1.14. The number of ether oxygens (including phenoxy) is 2. The lowest BCUT2D eigenvalue weighted by Gasteiger charge is -2.14. The molecule has 1 aromatic rings. The van der Waals surface area contributed by atoms with E-state index in [1.807, 2.05) is 25.1 Å². The Morgan fingerprint density at radius 2 is 2.00 bits per heavy atom. The average Bonchev–Trinajstić information content (AvgIpc) is 2.35. The van der Waals surface area contributed by atoms with E-state index < -0.39 is 0 Å². The second-order valence-corrected chi connectivity index (χ2v) is 3.64. The van der Waals surface area contributed by atoms with E-state index in [2.05, 4.69) is 18.8 Å². The number of rotatable bonds is 4. The quantitative estimate of drug-likeness (QED) is 0.722. The third-order valence-corrected chi connectivity index (χ3v) is 2.55. The summed E-state index contributed by atoms with van der Waals surface area (Å²) in [5.74, 6) is 8.09. The van der Waals surface area contributed by atoms with Gasteiger partial charge in [0.15, 0.2) is 0 Å². The van der Waals surface area contributed by atoms with Crippen molar-refractivity contribution < 1.29 is 9.47 Å². The van der Waals surface area contributed by atoms with Gasteiger partial charge in [0, 0.05) is 12.0 Å². The van der Waals surface area contributed by atoms with Crippen LogP contribution in [-0.2, 0) is 0 Å². The van der Waals surface area contributed by atoms with Crippen LogP contribution < -0.4 is 9.47 Å². The molecular formula is C14H18O2. The van der Waals surface area contributed by atoms with Crippen molar-refractivity contribution in [1.29, 1.82) is 0 Å². The van der Waals surface area contributed by atoms with Crippen molar-refractivity contribution in [3.8, 4) is 23.3 Å². The van der Waals surface area contributed by atoms with Crippen molar-refractivity contribution in [3.05, 3.63) is 23.8 Å². The summed E-state index contributed by atoms with van der Waals surface area (Å²) in [5, 5.41) is 0. The number of hydrogen-bond donors (Lipinski definition) is 0. The first-order valence-corrected chi connectivity index (χ1v) is 5.34. The summed E-state index contributed by atoms with van der Waals surface area (Å²) in [7, 11) is 3.35. The molecule has 1 aromatic carbocycles. The van der Waals surface area contributed by atoms with Gasteiger partial charge in [-0.3, -0.25) is 0 Å². The first-order valence-electron chi connectivity index (χ1n) is 5.34. The van der Waals surface area contributed by atoms with Gasteiger partial charge in [-0.25, -0.2) is 0 Å². The molecule has 0 fully saturated rings. The molecule has 2 heteroatoms. The molecule has 16 heavy (non-hydrogen) atoms. The molecule has 1 atom stereocenters. The fourth-order valence-electron chi connectivity index (χ4n) is 1.59. The van der Waals surface area contributed by atoms with E-state index >= 15 is 0 Å². The fourth-order valence-corrected chi connectivity index (χ4v) is 1.59. The molecule has 86 valence electrons. The van der Waals surface area contributed by atoms with Gasteiger partial charge in [-0.15, -0.1) is 11.8 Å². The Balaban J connectivity index is 3.01. The van der Waals surface area contributed by atoms with Crippen LogP contribution in [0.25, 0.3) is 0 Å². The van der Waals surface area contributed by atoms with E-state index in [1.165, 1.54) is 0 Å². The predicted octanol–water partition coefficient (Wildman–Crippen LogP) is 3.22. The molecule has 0 aliphatic rings. The molecule has 2 nitrogen and oxygen atoms in total. The van der Waals surface area contributed by atoms with E-state index in [1.54, 1.807) is 14.2 Å². The molecule has 0 radical (unpaired) electrons. The Kier molecular flexibility index (Phi) is 4.72. The highest BCUT2D eigenvalue weighted by atomic mass is 16.5. The monoisotopic (exact) mass is 218 g/mol. The van der Waals surface area contributed by atoms with Gasteiger partial charge in [-0.05, 0) is 31.0 Å². The van der Waals surface area contributed by atoms with Crippen LogP contribution in [0.1, 0.15) is 31.7 Å². The predicted molar refractivity (Wildman–Crippen MR) is 66.0 cm³/mol. The molecule has 1 unspecified atom stereocenters. The molecule has 0 aliphatic heterocycles. The maximum absolute atomic E-state index is 5.34. The van der Waals surface area contributed by atoms with Crippen LogP contribution in [0.3, 0.4) is 0 Å². The Morgan fingerprint density at radius 3 is 2.56 bits per heavy atom. The van der Waals surface area contributed by atoms with Gasteiger partial charge in [0.25, 0.3) is 0 Å². The zero-order valence-electron chi connectivity index (χ0n) is 10.3. The lowest BCUT2D eigenvalue weighted by Crippen LogP contribution is -1.98. The van der Waals surface area contributed by atoms with Crippen LogP contribution in [0.5, 0.6) is 11.5 Å². The van der Waals surface area contributed by atoms with Gasteiger partial charge in [-0.1, -0.05) is 6.92 Å². The topological polar surface area (TPSA) is 18.5 Å². The van der Waals surface area contributed by atoms with Crippen LogP contribution >= 0.6 is 0 Å². The minimum atomic E-state index is 0.345. The summed E-state index contributed by atoms with van der Waals surface area (Å²) < 4.78 is 10.6. The maximum Gasteiger partial charge on any atom is 0.122 e. The Hall–Kier alpha value is -1.62. The molecule has 0 aromatic heterocycles. The highest BCUT2D eigenvalue weighted by Crippen LogP contribution is 2.31. The zero-order chi connectivity index (χ0) is 12.0. The fraction of sp³-hybridized carbons (Fsp3) is 0.429. The van der Waals surface area contributed by atoms with E-state index in [0.717, 1.165) is 23.5 Å². The molecule has 0 aliphatic carbocycles. The van der Waals surface area contributed by atoms with Gasteiger partial charge in [0.2, 0.25) is 0 Å². The minimum Gasteiger partial charge on any atom is -0.497 e. The Morgan fingerprint density at radius 1 is 1.25 bits per heavy atom. The summed E-state index contributed by atoms with van der Waals surface area (Å²) in [6, 6.07) is 5.85. The van der Waals surface area contributed by atoms with E-state index in [4.69, 9.17) is 9.47 Å². The minimum absolute atomic E-state index is 0.345. The van der Waals surface area contributed by atoms with Crippen molar-refractivity contribution in [2.45, 2.75) is 26.2 Å². The third-order valence-electron chi connectivity index (χ3n) is 2.55. The molecule has 0 saturated carbocycles. The highest BCUT2D eigenvalue weighted by molar-refractivity contribution is 5.42. The maximum atomic E-state index is 5.34. The van der Waals surface area contributed by atoms with Crippen LogP contribution in [0, 0.1) is 11.8 Å². The molecule has 0 heterocycles. The summed E-state index contributed by atoms with van der Waals surface area (Å²) in [6.45, 7) is 4.00. The van der Waals surface area contributed by atoms with Gasteiger partial charge in [0.05, 0.1) is 14.2 Å². The van der Waals surface area contributed by atoms with Crippen LogP contribution in [-0.4, -0.2) is 14.2 Å². The van der Waals surface area contributed by atoms with Gasteiger partial charge >= 0.3 is 0 Å². The lowest BCUT2D eigenvalue weighted by molar-refractivity contribution is 0.396. The van der Waals surface area contributed by atoms with Crippen molar-refractivity contribution in [2.24, 2.45) is 0 Å². The van der Waals surface area contributed by atoms with Gasteiger partial charge < -0.3 is 9.47 Å². The largest absolute Gasteiger partial charge is 0.497 e. The second kappa shape index (κ2) is 6.07. The standard InChI is InChI=1S/C14H18O2/c1-5-6-7-11(2)13-10-12(15-3)8-9-14(13)16-4/h8-11H,7H2,1-4H3. The smallest absolute Gasteiger partial charge is 0.122 e. The second-order valence-electron chi connectivity index (χ2n) is 3.64. The third kappa shape index (κ3) is 2.93. The van der Waals surface area contributed by atoms with Gasteiger partial charge in [0.1, 0.15) is 11.5 Å². The molecule has 1 rings (SSSR count). The van der Waals surface area contributed by atoms with Crippen molar-refractivity contribution in [2.75, 3.05) is 14.2 Å². The number of hydrogen-bond acceptors (Lipinski definition) is 2. The zero-order valence-corrected chi connectivity index (χ0v) is 10.3. The van der Waals surface area contributed by atoms with Gasteiger partial charge in [-0.2, -0.15) is 0 Å². The molecule has 0 bridgehead atoms. The van der Waals surface area contributed by atoms with Crippen molar-refractivity contribution in [3.63, 3.8) is 0 Å². The molecular weight excluding hydrogens is 200 g/mol. The Labute approximate surface area is 97.6 Å². The van der Waals surface area contributed by atoms with Crippen molar-refractivity contribution >= 4 is 0 Å². The molecule has 0 saturated heterocycles. The summed E-state index contributed by atoms with van der Waals surface area (Å²) in [6.07, 6.45) is 0.833. The summed E-state index contributed by atoms with van der Waals surface area (Å²) >= 11 is 0. The van der Waals surface area contributed by atoms with Crippen LogP contribution in [0.15, 0.2) is 18.2 Å². The van der Waals surface area contributed by atoms with Crippen molar-refractivity contribution in [1.82, 2.24) is 0 Å². The first-order chi connectivity index (χ1) is 7.72. The highest BCUT2D eigenvalue weighted by Gasteiger charge is 2.11. The SMILES string of the molecule is CC#CCC(C)c1cc(OC)ccc1OC. The summed E-state index contributed by atoms with van der Waals surface area (Å²) in [4.78, 5) is 0. The van der Waals surface area contributed by atoms with E-state index in [9.17, 15) is 0 Å². The van der Waals surface area contributed by atoms with Crippen LogP contribution in [0.2, 0.25) is 0 Å². The first kappa shape index (κ1) is 12.4. The average molecular weight is 218 g/mol. The van der Waals surface area contributed by atoms with Crippen LogP contribution in [0.4, 0.5) is 0 Å². The Bertz CT molecular complexity index is 399. The van der Waals surface area contributed by atoms with E-state index in [-0.39, 0.29) is 0 Å². The van der Waals surface area contributed by atoms with E-state index in [0.29, 0.717) is 5.92 Å². The molecule has 0 N–H and O–H groups in total. The number of methoxy groups -OCH3 is 2. The molecule has 0 amide bonds. The normalized spacial score (nSPS) is 11.2. The number of benzene rings is 1. The molecule has 0 spiro atoms. The lowest BCUT2D eigenvalue weighted by atomic mass is 9.97.